The third-order valence-corrected chi connectivity index (χ3v) is 9.12. The molecule has 10 nitrogen and oxygen atoms in total. The van der Waals surface area contributed by atoms with Crippen molar-refractivity contribution in [3.63, 3.8) is 0 Å². The highest BCUT2D eigenvalue weighted by molar-refractivity contribution is 6.05. The fourth-order valence-corrected chi connectivity index (χ4v) is 6.47. The summed E-state index contributed by atoms with van der Waals surface area (Å²) in [5.74, 6) is -1.61. The van der Waals surface area contributed by atoms with E-state index >= 15 is 0 Å². The first-order chi connectivity index (χ1) is 24.8. The number of rotatable bonds is 10. The van der Waals surface area contributed by atoms with Gasteiger partial charge in [-0.15, -0.1) is 0 Å². The first-order valence-corrected chi connectivity index (χ1v) is 17.1. The van der Waals surface area contributed by atoms with E-state index in [2.05, 4.69) is 56.7 Å². The molecule has 4 heterocycles. The lowest BCUT2D eigenvalue weighted by molar-refractivity contribution is 0.102. The topological polar surface area (TPSA) is 98.5 Å². The lowest BCUT2D eigenvalue weighted by atomic mass is 10.0. The maximum Gasteiger partial charge on any atom is 0.255 e. The monoisotopic (exact) mass is 690 g/mol. The minimum absolute atomic E-state index is 0.221. The molecule has 1 saturated heterocycles. The smallest absolute Gasteiger partial charge is 0.255 e. The average molecular weight is 691 g/mol. The van der Waals surface area contributed by atoms with Crippen LogP contribution in [0.1, 0.15) is 36.8 Å². The minimum Gasteiger partial charge on any atom is -0.492 e. The largest absolute Gasteiger partial charge is 0.492 e. The Balaban J connectivity index is 1.14. The lowest BCUT2D eigenvalue weighted by Crippen LogP contribution is -2.48. The molecule has 2 aliphatic rings. The van der Waals surface area contributed by atoms with Crippen molar-refractivity contribution in [2.24, 2.45) is 4.99 Å². The molecule has 51 heavy (non-hydrogen) atoms. The van der Waals surface area contributed by atoms with Crippen LogP contribution in [0, 0.1) is 11.6 Å². The summed E-state index contributed by atoms with van der Waals surface area (Å²) in [5.41, 5.74) is 5.11. The summed E-state index contributed by atoms with van der Waals surface area (Å²) in [5, 5.41) is 9.37. The van der Waals surface area contributed by atoms with Crippen LogP contribution in [-0.2, 0) is 0 Å². The molecule has 0 spiro atoms. The molecule has 0 aliphatic carbocycles. The number of nitrogens with one attached hydrogen (secondary N) is 3. The molecule has 3 N–H and O–H groups in total. The Morgan fingerprint density at radius 3 is 2.53 bits per heavy atom. The van der Waals surface area contributed by atoms with E-state index in [0.717, 1.165) is 66.8 Å². The molecule has 12 heteroatoms. The van der Waals surface area contributed by atoms with Crippen LogP contribution in [0.25, 0.3) is 22.6 Å². The van der Waals surface area contributed by atoms with Crippen LogP contribution in [0.3, 0.4) is 0 Å². The maximum absolute atomic E-state index is 14.3. The van der Waals surface area contributed by atoms with E-state index in [1.165, 1.54) is 6.07 Å². The van der Waals surface area contributed by atoms with Crippen LogP contribution in [0.5, 0.6) is 5.75 Å². The van der Waals surface area contributed by atoms with Gasteiger partial charge in [-0.3, -0.25) is 14.1 Å². The van der Waals surface area contributed by atoms with Crippen molar-refractivity contribution in [3.8, 4) is 17.0 Å². The molecule has 7 rings (SSSR count). The van der Waals surface area contributed by atoms with E-state index in [1.807, 2.05) is 53.9 Å². The van der Waals surface area contributed by atoms with E-state index in [1.54, 1.807) is 24.4 Å². The number of anilines is 3. The second kappa shape index (κ2) is 14.6. The number of hydrogen-bond donors (Lipinski definition) is 3. The fourth-order valence-electron chi connectivity index (χ4n) is 6.47. The summed E-state index contributed by atoms with van der Waals surface area (Å²) in [6.07, 6.45) is 5.01. The van der Waals surface area contributed by atoms with Gasteiger partial charge < -0.3 is 25.6 Å². The second-order valence-electron chi connectivity index (χ2n) is 12.7. The number of fused-ring (bicyclic) bond motifs is 1. The number of imidazole rings is 1. The van der Waals surface area contributed by atoms with Gasteiger partial charge in [-0.25, -0.2) is 18.8 Å². The van der Waals surface area contributed by atoms with Crippen LogP contribution in [0.4, 0.5) is 25.8 Å². The number of para-hydroxylation sites is 1. The Bertz CT molecular complexity index is 2100. The number of aliphatic imine (C=N–C) groups is 1. The van der Waals surface area contributed by atoms with Gasteiger partial charge in [0.25, 0.3) is 5.91 Å². The molecular weight excluding hydrogens is 650 g/mol. The molecule has 0 bridgehead atoms. The van der Waals surface area contributed by atoms with Crippen molar-refractivity contribution in [2.45, 2.75) is 33.1 Å². The van der Waals surface area contributed by atoms with E-state index in [-0.39, 0.29) is 5.56 Å². The number of amides is 1. The van der Waals surface area contributed by atoms with Gasteiger partial charge >= 0.3 is 0 Å². The Labute approximate surface area is 295 Å². The summed E-state index contributed by atoms with van der Waals surface area (Å²) in [7, 11) is 0. The molecule has 1 fully saturated rings. The van der Waals surface area contributed by atoms with Crippen molar-refractivity contribution in [3.05, 3.63) is 114 Å². The molecule has 1 amide bonds. The number of aromatic nitrogens is 2. The molecule has 262 valence electrons. The summed E-state index contributed by atoms with van der Waals surface area (Å²) in [6, 6.07) is 22.7. The van der Waals surface area contributed by atoms with E-state index in [9.17, 15) is 13.6 Å². The van der Waals surface area contributed by atoms with Crippen molar-refractivity contribution < 1.29 is 18.3 Å². The SMILES string of the molecule is CCOc1cc(N2CCN(C(C)C)CC2)ccc1NC1N=CC=C(c2c(-c3cccc(C(=O)Nc4c(F)cccc4F)c3)nc3ccccn23)N1. The Morgan fingerprint density at radius 1 is 0.980 bits per heavy atom. The van der Waals surface area contributed by atoms with Crippen LogP contribution >= 0.6 is 0 Å². The molecule has 2 aromatic heterocycles. The zero-order valence-electron chi connectivity index (χ0n) is 28.7. The molecule has 2 aliphatic heterocycles. The fraction of sp³-hybridized carbons (Fsp3) is 0.256. The molecule has 0 saturated carbocycles. The highest BCUT2D eigenvalue weighted by Gasteiger charge is 2.24. The zero-order chi connectivity index (χ0) is 35.5. The third-order valence-electron chi connectivity index (χ3n) is 9.12. The molecule has 5 aromatic rings. The number of benzene rings is 3. The molecule has 1 unspecified atom stereocenters. The first kappa shape index (κ1) is 33.7. The predicted molar refractivity (Wildman–Crippen MR) is 198 cm³/mol. The predicted octanol–water partition coefficient (Wildman–Crippen LogP) is 6.87. The van der Waals surface area contributed by atoms with Gasteiger partial charge in [-0.05, 0) is 75.4 Å². The zero-order valence-corrected chi connectivity index (χ0v) is 28.7. The minimum atomic E-state index is -0.855. The third kappa shape index (κ3) is 7.13. The molecular formula is C39H40F2N8O2. The van der Waals surface area contributed by atoms with E-state index < -0.39 is 29.5 Å². The van der Waals surface area contributed by atoms with E-state index in [0.29, 0.717) is 29.6 Å². The number of carbonyl (C=O) groups excluding carboxylic acids is 1. The molecule has 0 radical (unpaired) electrons. The molecule has 1 atom stereocenters. The number of nitrogens with zero attached hydrogens (tertiary/aromatic N) is 5. The molecule has 3 aromatic carbocycles. The lowest BCUT2D eigenvalue weighted by Gasteiger charge is -2.38. The Kier molecular flexibility index (Phi) is 9.67. The van der Waals surface area contributed by atoms with Gasteiger partial charge in [0, 0.05) is 67.5 Å². The quantitative estimate of drug-likeness (QED) is 0.147. The highest BCUT2D eigenvalue weighted by Crippen LogP contribution is 2.34. The second-order valence-corrected chi connectivity index (χ2v) is 12.7. The number of ether oxygens (including phenoxy) is 1. The van der Waals surface area contributed by atoms with Gasteiger partial charge in [-0.2, -0.15) is 0 Å². The number of hydrogen-bond acceptors (Lipinski definition) is 8. The van der Waals surface area contributed by atoms with Crippen molar-refractivity contribution in [1.82, 2.24) is 19.6 Å². The van der Waals surface area contributed by atoms with Crippen molar-refractivity contribution in [1.29, 1.82) is 0 Å². The van der Waals surface area contributed by atoms with Crippen LogP contribution in [0.15, 0.2) is 96.1 Å². The number of piperazine rings is 1. The Morgan fingerprint density at radius 2 is 1.76 bits per heavy atom. The standard InChI is InChI=1S/C39H40F2N8O2/c1-4-51-33-24-28(48-21-19-47(20-22-48)25(2)3)14-15-31(33)43-39-42-17-16-32(44-39)37-35(45-34-13-5-6-18-49(34)37)26-9-7-10-27(23-26)38(50)46-36-29(40)11-8-12-30(36)41/h5-18,23-25,39,43-44H,4,19-22H2,1-3H3,(H,46,50). The highest BCUT2D eigenvalue weighted by atomic mass is 19.1. The number of allylic oxidation sites excluding steroid dienone is 1. The van der Waals surface area contributed by atoms with Crippen LogP contribution in [-0.4, -0.2) is 71.5 Å². The Hall–Kier alpha value is -5.75. The average Bonchev–Trinajstić information content (AvgIpc) is 3.54. The maximum atomic E-state index is 14.3. The summed E-state index contributed by atoms with van der Waals surface area (Å²) in [6.45, 7) is 10.9. The first-order valence-electron chi connectivity index (χ1n) is 17.1. The van der Waals surface area contributed by atoms with Gasteiger partial charge in [0.1, 0.15) is 28.7 Å². The van der Waals surface area contributed by atoms with Crippen molar-refractivity contribution >= 4 is 40.5 Å². The summed E-state index contributed by atoms with van der Waals surface area (Å²) < 4.78 is 36.7. The van der Waals surface area contributed by atoms with E-state index in [4.69, 9.17) is 9.72 Å². The normalized spacial score (nSPS) is 16.2. The summed E-state index contributed by atoms with van der Waals surface area (Å²) in [4.78, 5) is 27.6. The number of halogens is 2. The van der Waals surface area contributed by atoms with Gasteiger partial charge in [0.15, 0.2) is 6.29 Å². The summed E-state index contributed by atoms with van der Waals surface area (Å²) >= 11 is 0. The van der Waals surface area contributed by atoms with Crippen LogP contribution < -0.4 is 25.6 Å². The van der Waals surface area contributed by atoms with Gasteiger partial charge in [-0.1, -0.05) is 24.3 Å². The number of carbonyl (C=O) groups is 1. The van der Waals surface area contributed by atoms with Crippen LogP contribution in [0.2, 0.25) is 0 Å². The van der Waals surface area contributed by atoms with Crippen molar-refractivity contribution in [2.75, 3.05) is 48.3 Å². The van der Waals surface area contributed by atoms with Gasteiger partial charge in [0.2, 0.25) is 0 Å². The number of pyridine rings is 1. The van der Waals surface area contributed by atoms with Gasteiger partial charge in [0.05, 0.1) is 29.4 Å².